The summed E-state index contributed by atoms with van der Waals surface area (Å²) in [7, 11) is 0. The van der Waals surface area contributed by atoms with Crippen molar-refractivity contribution < 1.29 is 18.7 Å². The normalized spacial score (nSPS) is 12.6. The van der Waals surface area contributed by atoms with E-state index in [4.69, 9.17) is 9.47 Å². The zero-order chi connectivity index (χ0) is 20.2. The van der Waals surface area contributed by atoms with Crippen LogP contribution < -0.4 is 14.4 Å². The minimum atomic E-state index is -0.501. The number of fused-ring (bicyclic) bond motifs is 1. The predicted molar refractivity (Wildman–Crippen MR) is 103 cm³/mol. The van der Waals surface area contributed by atoms with Gasteiger partial charge in [0.1, 0.15) is 19.0 Å². The van der Waals surface area contributed by atoms with E-state index in [0.717, 1.165) is 5.56 Å². The van der Waals surface area contributed by atoms with Gasteiger partial charge in [0.25, 0.3) is 0 Å². The van der Waals surface area contributed by atoms with Crippen LogP contribution in [-0.2, 0) is 11.3 Å². The van der Waals surface area contributed by atoms with Crippen molar-refractivity contribution in [1.82, 2.24) is 20.6 Å². The topological polar surface area (TPSA) is 93.2 Å². The van der Waals surface area contributed by atoms with E-state index in [0.29, 0.717) is 48.9 Å². The van der Waals surface area contributed by atoms with E-state index in [-0.39, 0.29) is 18.1 Å². The first kappa shape index (κ1) is 18.9. The number of amides is 1. The maximum atomic E-state index is 14.7. The third kappa shape index (κ3) is 4.03. The number of carbonyl (C=O) groups excluding carboxylic acids is 1. The zero-order valence-corrected chi connectivity index (χ0v) is 15.9. The molecular formula is C20H20FN5O3. The Morgan fingerprint density at radius 1 is 1.17 bits per heavy atom. The summed E-state index contributed by atoms with van der Waals surface area (Å²) < 4.78 is 25.9. The van der Waals surface area contributed by atoms with E-state index in [2.05, 4.69) is 20.6 Å². The van der Waals surface area contributed by atoms with Gasteiger partial charge in [0.05, 0.1) is 12.2 Å². The number of anilines is 1. The fourth-order valence-corrected chi connectivity index (χ4v) is 3.17. The molecule has 150 valence electrons. The molecule has 1 aromatic heterocycles. The molecule has 0 saturated carbocycles. The van der Waals surface area contributed by atoms with E-state index in [1.54, 1.807) is 18.2 Å². The van der Waals surface area contributed by atoms with Crippen LogP contribution in [0.3, 0.4) is 0 Å². The average Bonchev–Trinajstić information content (AvgIpc) is 3.27. The molecule has 1 aliphatic rings. The molecule has 0 unspecified atom stereocenters. The van der Waals surface area contributed by atoms with Crippen LogP contribution in [-0.4, -0.2) is 39.7 Å². The van der Waals surface area contributed by atoms with E-state index < -0.39 is 5.82 Å². The number of hydrogen-bond acceptors (Lipinski definition) is 6. The molecule has 1 amide bonds. The van der Waals surface area contributed by atoms with E-state index in [1.165, 1.54) is 11.0 Å². The van der Waals surface area contributed by atoms with Crippen molar-refractivity contribution >= 4 is 11.6 Å². The number of ether oxygens (including phenoxy) is 2. The maximum Gasteiger partial charge on any atom is 0.227 e. The third-order valence-electron chi connectivity index (χ3n) is 4.55. The lowest BCUT2D eigenvalue weighted by Crippen LogP contribution is -2.31. The Hall–Kier alpha value is -3.49. The number of H-pyrrole nitrogens is 1. The highest BCUT2D eigenvalue weighted by Crippen LogP contribution is 2.33. The summed E-state index contributed by atoms with van der Waals surface area (Å²) in [4.78, 5) is 14.3. The molecule has 1 N–H and O–H groups in total. The third-order valence-corrected chi connectivity index (χ3v) is 4.55. The second-order valence-corrected chi connectivity index (χ2v) is 6.61. The summed E-state index contributed by atoms with van der Waals surface area (Å²) in [5.74, 6) is 0.939. The Morgan fingerprint density at radius 3 is 2.76 bits per heavy atom. The summed E-state index contributed by atoms with van der Waals surface area (Å²) in [5, 5.41) is 13.8. The fourth-order valence-electron chi connectivity index (χ4n) is 3.17. The Bertz CT molecular complexity index is 1010. The van der Waals surface area contributed by atoms with Gasteiger partial charge in [-0.1, -0.05) is 13.0 Å². The first-order chi connectivity index (χ1) is 14.2. The Morgan fingerprint density at radius 2 is 2.00 bits per heavy atom. The predicted octanol–water partition coefficient (Wildman–Crippen LogP) is 3.11. The molecule has 0 radical (unpaired) electrons. The number of benzene rings is 2. The highest BCUT2D eigenvalue weighted by molar-refractivity contribution is 5.94. The van der Waals surface area contributed by atoms with Crippen molar-refractivity contribution in [2.24, 2.45) is 0 Å². The van der Waals surface area contributed by atoms with Crippen molar-refractivity contribution in [3.05, 3.63) is 47.8 Å². The van der Waals surface area contributed by atoms with Gasteiger partial charge in [0.15, 0.2) is 11.5 Å². The SMILES string of the molecule is CCCC(=O)N(Cc1ccc2c(c1)OCCO2)c1cc(-c2nn[nH]n2)ccc1F. The molecule has 2 aromatic carbocycles. The lowest BCUT2D eigenvalue weighted by atomic mass is 10.1. The van der Waals surface area contributed by atoms with Crippen LogP contribution in [0.25, 0.3) is 11.4 Å². The first-order valence-electron chi connectivity index (χ1n) is 9.38. The van der Waals surface area contributed by atoms with Crippen LogP contribution in [0.2, 0.25) is 0 Å². The van der Waals surface area contributed by atoms with Crippen molar-refractivity contribution in [2.45, 2.75) is 26.3 Å². The molecule has 29 heavy (non-hydrogen) atoms. The van der Waals surface area contributed by atoms with Gasteiger partial charge >= 0.3 is 0 Å². The number of nitrogens with one attached hydrogen (secondary N) is 1. The Kier molecular flexibility index (Phi) is 5.37. The van der Waals surface area contributed by atoms with Gasteiger partial charge in [-0.05, 0) is 47.5 Å². The van der Waals surface area contributed by atoms with Crippen molar-refractivity contribution in [1.29, 1.82) is 0 Å². The van der Waals surface area contributed by atoms with Gasteiger partial charge in [-0.25, -0.2) is 4.39 Å². The summed E-state index contributed by atoms with van der Waals surface area (Å²) in [6.45, 7) is 3.08. The fraction of sp³-hybridized carbons (Fsp3) is 0.300. The maximum absolute atomic E-state index is 14.7. The van der Waals surface area contributed by atoms with Crippen LogP contribution in [0.5, 0.6) is 11.5 Å². The van der Waals surface area contributed by atoms with Gasteiger partial charge in [0.2, 0.25) is 11.7 Å². The minimum absolute atomic E-state index is 0.167. The van der Waals surface area contributed by atoms with E-state index in [9.17, 15) is 9.18 Å². The van der Waals surface area contributed by atoms with Crippen LogP contribution in [0.1, 0.15) is 25.3 Å². The molecule has 0 bridgehead atoms. The molecule has 4 rings (SSSR count). The van der Waals surface area contributed by atoms with Gasteiger partial charge in [-0.2, -0.15) is 5.21 Å². The number of tetrazole rings is 1. The van der Waals surface area contributed by atoms with Crippen molar-refractivity contribution in [3.8, 4) is 22.9 Å². The quantitative estimate of drug-likeness (QED) is 0.687. The summed E-state index contributed by atoms with van der Waals surface area (Å²) >= 11 is 0. The molecule has 0 aliphatic carbocycles. The number of hydrogen-bond donors (Lipinski definition) is 1. The van der Waals surface area contributed by atoms with Crippen molar-refractivity contribution in [2.75, 3.05) is 18.1 Å². The second-order valence-electron chi connectivity index (χ2n) is 6.61. The molecule has 0 saturated heterocycles. The highest BCUT2D eigenvalue weighted by atomic mass is 19.1. The molecule has 2 heterocycles. The highest BCUT2D eigenvalue weighted by Gasteiger charge is 2.22. The average molecular weight is 397 g/mol. The van der Waals surface area contributed by atoms with Crippen molar-refractivity contribution in [3.63, 3.8) is 0 Å². The van der Waals surface area contributed by atoms with Gasteiger partial charge < -0.3 is 14.4 Å². The van der Waals surface area contributed by atoms with Crippen LogP contribution in [0, 0.1) is 5.82 Å². The zero-order valence-electron chi connectivity index (χ0n) is 15.9. The number of aromatic amines is 1. The number of aromatic nitrogens is 4. The largest absolute Gasteiger partial charge is 0.486 e. The summed E-state index contributed by atoms with van der Waals surface area (Å²) in [6, 6.07) is 9.89. The molecule has 9 heteroatoms. The number of halogens is 1. The summed E-state index contributed by atoms with van der Waals surface area (Å²) in [5.41, 5.74) is 1.54. The molecule has 8 nitrogen and oxygen atoms in total. The smallest absolute Gasteiger partial charge is 0.227 e. The second kappa shape index (κ2) is 8.26. The van der Waals surface area contributed by atoms with Gasteiger partial charge in [0, 0.05) is 12.0 Å². The number of nitrogens with zero attached hydrogens (tertiary/aromatic N) is 4. The monoisotopic (exact) mass is 397 g/mol. The standard InChI is InChI=1S/C20H20FN5O3/c1-2-3-19(27)26(12-13-4-7-17-18(10-13)29-9-8-28-17)16-11-14(5-6-15(16)21)20-22-24-25-23-20/h4-7,10-11H,2-3,8-9,12H2,1H3,(H,22,23,24,25). The molecule has 0 atom stereocenters. The first-order valence-corrected chi connectivity index (χ1v) is 9.38. The number of rotatable bonds is 6. The van der Waals surface area contributed by atoms with Gasteiger partial charge in [-0.15, -0.1) is 10.2 Å². The van der Waals surface area contributed by atoms with E-state index in [1.807, 2.05) is 19.1 Å². The Balaban J connectivity index is 1.69. The molecular weight excluding hydrogens is 377 g/mol. The van der Waals surface area contributed by atoms with Crippen LogP contribution >= 0.6 is 0 Å². The van der Waals surface area contributed by atoms with Gasteiger partial charge in [-0.3, -0.25) is 4.79 Å². The molecule has 0 spiro atoms. The molecule has 0 fully saturated rings. The van der Waals surface area contributed by atoms with Crippen LogP contribution in [0.15, 0.2) is 36.4 Å². The lowest BCUT2D eigenvalue weighted by Gasteiger charge is -2.25. The van der Waals surface area contributed by atoms with Crippen LogP contribution in [0.4, 0.5) is 10.1 Å². The molecule has 1 aliphatic heterocycles. The Labute approximate surface area is 166 Å². The van der Waals surface area contributed by atoms with E-state index >= 15 is 0 Å². The minimum Gasteiger partial charge on any atom is -0.486 e. The number of carbonyl (C=O) groups is 1. The summed E-state index contributed by atoms with van der Waals surface area (Å²) in [6.07, 6.45) is 0.957. The molecule has 3 aromatic rings. The lowest BCUT2D eigenvalue weighted by molar-refractivity contribution is -0.118.